The fraction of sp³-hybridized carbons (Fsp3) is 0.500. The van der Waals surface area contributed by atoms with E-state index in [0.29, 0.717) is 31.9 Å². The Hall–Kier alpha value is -3.08. The van der Waals surface area contributed by atoms with Gasteiger partial charge in [0, 0.05) is 43.4 Å². The van der Waals surface area contributed by atoms with Crippen molar-refractivity contribution in [1.82, 2.24) is 10.3 Å². The van der Waals surface area contributed by atoms with Gasteiger partial charge in [0.05, 0.1) is 13.2 Å². The molecule has 2 heterocycles. The maximum atomic E-state index is 12.3. The van der Waals surface area contributed by atoms with E-state index in [1.54, 1.807) is 24.4 Å². The number of carbonyl (C=O) groups is 2. The highest BCUT2D eigenvalue weighted by atomic mass is 19.1. The van der Waals surface area contributed by atoms with Crippen molar-refractivity contribution < 1.29 is 28.2 Å². The fourth-order valence-corrected chi connectivity index (χ4v) is 3.06. The first-order valence-electron chi connectivity index (χ1n) is 12.0. The highest BCUT2D eigenvalue weighted by Crippen LogP contribution is 2.20. The summed E-state index contributed by atoms with van der Waals surface area (Å²) in [5.41, 5.74) is 6.92. The number of anilines is 1. The standard InChI is InChI=1S/C12H16N2O2.C7H7FO.C7H16N2O2/c1-8-7-10(5-6-13-8)14-12(15)11-4-3-9(2)16-11;1-9-7-4-2-3-6(8)5-7;8-3-1-5-11-6-2-4-9-7-10/h5-7,9,11H,3-4H2,1-2H3,(H,13,14,15);2-5H,1H3;7H,1-6,8H2,(H,9,10). The number of nitrogens with two attached hydrogens (primary N) is 1. The molecule has 0 aliphatic carbocycles. The van der Waals surface area contributed by atoms with Crippen LogP contribution in [0.25, 0.3) is 0 Å². The van der Waals surface area contributed by atoms with E-state index in [2.05, 4.69) is 15.6 Å². The highest BCUT2D eigenvalue weighted by molar-refractivity contribution is 5.94. The van der Waals surface area contributed by atoms with E-state index in [1.165, 1.54) is 19.2 Å². The Morgan fingerprint density at radius 1 is 1.25 bits per heavy atom. The van der Waals surface area contributed by atoms with Crippen LogP contribution < -0.4 is 21.1 Å². The summed E-state index contributed by atoms with van der Waals surface area (Å²) in [4.78, 5) is 25.7. The molecule has 1 aromatic heterocycles. The Bertz CT molecular complexity index is 887. The molecule has 3 rings (SSSR count). The number of hydrogen-bond acceptors (Lipinski definition) is 7. The zero-order valence-corrected chi connectivity index (χ0v) is 21.4. The summed E-state index contributed by atoms with van der Waals surface area (Å²) in [6, 6.07) is 9.64. The molecule has 1 aliphatic rings. The minimum absolute atomic E-state index is 0.0602. The van der Waals surface area contributed by atoms with Gasteiger partial charge in [0.2, 0.25) is 6.41 Å². The predicted molar refractivity (Wildman–Crippen MR) is 137 cm³/mol. The molecule has 2 unspecified atom stereocenters. The topological polar surface area (TPSA) is 125 Å². The zero-order valence-electron chi connectivity index (χ0n) is 21.4. The Labute approximate surface area is 212 Å². The van der Waals surface area contributed by atoms with E-state index < -0.39 is 0 Å². The number of methoxy groups -OCH3 is 1. The predicted octanol–water partition coefficient (Wildman–Crippen LogP) is 3.22. The van der Waals surface area contributed by atoms with E-state index in [-0.39, 0.29) is 23.9 Å². The molecule has 0 saturated carbocycles. The van der Waals surface area contributed by atoms with Crippen molar-refractivity contribution in [2.75, 3.05) is 38.7 Å². The zero-order chi connectivity index (χ0) is 26.6. The molecule has 36 heavy (non-hydrogen) atoms. The summed E-state index contributed by atoms with van der Waals surface area (Å²) in [5.74, 6) is 0.222. The summed E-state index contributed by atoms with van der Waals surface area (Å²) in [6.45, 7) is 6.66. The number of rotatable bonds is 11. The molecule has 2 aromatic rings. The van der Waals surface area contributed by atoms with Gasteiger partial charge in [-0.1, -0.05) is 6.07 Å². The number of hydrogen-bond donors (Lipinski definition) is 3. The van der Waals surface area contributed by atoms with Gasteiger partial charge in [-0.3, -0.25) is 14.6 Å². The average Bonchev–Trinajstić information content (AvgIpc) is 3.31. The molecule has 2 atom stereocenters. The summed E-state index contributed by atoms with van der Waals surface area (Å²) in [6.07, 6.45) is 5.79. The molecule has 10 heteroatoms. The summed E-state index contributed by atoms with van der Waals surface area (Å²) < 4.78 is 27.7. The molecule has 1 saturated heterocycles. The first kappa shape index (κ1) is 31.0. The van der Waals surface area contributed by atoms with Crippen molar-refractivity contribution in [2.24, 2.45) is 5.73 Å². The van der Waals surface area contributed by atoms with Crippen molar-refractivity contribution in [3.8, 4) is 5.75 Å². The highest BCUT2D eigenvalue weighted by Gasteiger charge is 2.28. The minimum Gasteiger partial charge on any atom is -0.497 e. The van der Waals surface area contributed by atoms with Gasteiger partial charge in [0.25, 0.3) is 5.91 Å². The van der Waals surface area contributed by atoms with Gasteiger partial charge in [0.1, 0.15) is 17.7 Å². The van der Waals surface area contributed by atoms with Gasteiger partial charge in [-0.05, 0) is 70.3 Å². The van der Waals surface area contributed by atoms with Gasteiger partial charge in [-0.25, -0.2) is 4.39 Å². The van der Waals surface area contributed by atoms with Gasteiger partial charge >= 0.3 is 0 Å². The van der Waals surface area contributed by atoms with Gasteiger partial charge in [-0.15, -0.1) is 0 Å². The maximum Gasteiger partial charge on any atom is 0.253 e. The number of carbonyl (C=O) groups excluding carboxylic acids is 2. The third kappa shape index (κ3) is 14.3. The molecular formula is C26H39FN4O5. The Morgan fingerprint density at radius 2 is 2.03 bits per heavy atom. The molecule has 9 nitrogen and oxygen atoms in total. The molecule has 0 radical (unpaired) electrons. The second kappa shape index (κ2) is 19.1. The second-order valence-corrected chi connectivity index (χ2v) is 8.03. The molecule has 1 aliphatic heterocycles. The normalized spacial score (nSPS) is 16.0. The van der Waals surface area contributed by atoms with Crippen molar-refractivity contribution in [3.05, 3.63) is 54.1 Å². The lowest BCUT2D eigenvalue weighted by molar-refractivity contribution is -0.126. The van der Waals surface area contributed by atoms with E-state index >= 15 is 0 Å². The van der Waals surface area contributed by atoms with Crippen LogP contribution in [0.4, 0.5) is 10.1 Å². The first-order chi connectivity index (χ1) is 17.4. The number of halogens is 1. The number of benzene rings is 1. The molecular weight excluding hydrogens is 467 g/mol. The van der Waals surface area contributed by atoms with Crippen LogP contribution in [0.2, 0.25) is 0 Å². The second-order valence-electron chi connectivity index (χ2n) is 8.03. The van der Waals surface area contributed by atoms with Gasteiger partial charge < -0.3 is 30.6 Å². The lowest BCUT2D eigenvalue weighted by atomic mass is 10.2. The van der Waals surface area contributed by atoms with Crippen molar-refractivity contribution in [2.45, 2.75) is 51.7 Å². The Morgan fingerprint density at radius 3 is 2.61 bits per heavy atom. The van der Waals surface area contributed by atoms with Crippen LogP contribution in [0.15, 0.2) is 42.6 Å². The van der Waals surface area contributed by atoms with E-state index in [0.717, 1.165) is 43.7 Å². The molecule has 1 aromatic carbocycles. The summed E-state index contributed by atoms with van der Waals surface area (Å²) in [7, 11) is 1.51. The van der Waals surface area contributed by atoms with Crippen molar-refractivity contribution in [3.63, 3.8) is 0 Å². The largest absolute Gasteiger partial charge is 0.497 e. The SMILES string of the molecule is COc1cccc(F)c1.Cc1cc(NC(=O)C2CCC(C)O2)ccn1.NCCCOCCCNC=O. The molecule has 2 amide bonds. The summed E-state index contributed by atoms with van der Waals surface area (Å²) >= 11 is 0. The molecule has 200 valence electrons. The molecule has 0 bridgehead atoms. The van der Waals surface area contributed by atoms with Gasteiger partial charge in [-0.2, -0.15) is 0 Å². The molecule has 4 N–H and O–H groups in total. The van der Waals surface area contributed by atoms with Crippen LogP contribution in [0.5, 0.6) is 5.75 Å². The third-order valence-electron chi connectivity index (χ3n) is 4.91. The van der Waals surface area contributed by atoms with E-state index in [9.17, 15) is 14.0 Å². The number of ether oxygens (including phenoxy) is 3. The number of aryl methyl sites for hydroxylation is 1. The number of pyridine rings is 1. The molecule has 0 spiro atoms. The lowest BCUT2D eigenvalue weighted by Gasteiger charge is -2.11. The number of nitrogens with zero attached hydrogens (tertiary/aromatic N) is 1. The van der Waals surface area contributed by atoms with Crippen LogP contribution in [-0.4, -0.2) is 62.9 Å². The number of nitrogens with one attached hydrogen (secondary N) is 2. The van der Waals surface area contributed by atoms with Crippen LogP contribution in [0.1, 0.15) is 38.3 Å². The number of aromatic nitrogens is 1. The Kier molecular flexibility index (Phi) is 16.5. The maximum absolute atomic E-state index is 12.3. The minimum atomic E-state index is -0.302. The monoisotopic (exact) mass is 506 g/mol. The summed E-state index contributed by atoms with van der Waals surface area (Å²) in [5, 5.41) is 5.40. The van der Waals surface area contributed by atoms with E-state index in [1.807, 2.05) is 19.9 Å². The van der Waals surface area contributed by atoms with Gasteiger partial charge in [0.15, 0.2) is 0 Å². The smallest absolute Gasteiger partial charge is 0.253 e. The van der Waals surface area contributed by atoms with Crippen molar-refractivity contribution in [1.29, 1.82) is 0 Å². The van der Waals surface area contributed by atoms with Crippen LogP contribution in [0, 0.1) is 12.7 Å². The number of amides is 2. The molecule has 1 fully saturated rings. The van der Waals surface area contributed by atoms with E-state index in [4.69, 9.17) is 19.9 Å². The van der Waals surface area contributed by atoms with Crippen LogP contribution >= 0.6 is 0 Å². The van der Waals surface area contributed by atoms with Crippen molar-refractivity contribution >= 4 is 18.0 Å². The Balaban J connectivity index is 0.000000285. The average molecular weight is 507 g/mol. The quantitative estimate of drug-likeness (QED) is 0.316. The van der Waals surface area contributed by atoms with Crippen LogP contribution in [0.3, 0.4) is 0 Å². The first-order valence-corrected chi connectivity index (χ1v) is 12.0. The lowest BCUT2D eigenvalue weighted by Crippen LogP contribution is -2.27. The van der Waals surface area contributed by atoms with Crippen LogP contribution in [-0.2, 0) is 19.1 Å². The fourth-order valence-electron chi connectivity index (χ4n) is 3.06. The third-order valence-corrected chi connectivity index (χ3v) is 4.91.